The van der Waals surface area contributed by atoms with Crippen LogP contribution < -0.4 is 10.2 Å². The van der Waals surface area contributed by atoms with Crippen molar-refractivity contribution >= 4 is 33.4 Å². The van der Waals surface area contributed by atoms with Crippen molar-refractivity contribution in [3.8, 4) is 11.1 Å². The number of carbonyl (C=O) groups excluding carboxylic acids is 3. The van der Waals surface area contributed by atoms with Gasteiger partial charge in [0.15, 0.2) is 0 Å². The van der Waals surface area contributed by atoms with E-state index in [1.165, 1.54) is 44.3 Å². The van der Waals surface area contributed by atoms with Crippen LogP contribution in [-0.2, 0) is 19.4 Å². The number of anilines is 1. The van der Waals surface area contributed by atoms with Gasteiger partial charge in [-0.1, -0.05) is 18.2 Å². The van der Waals surface area contributed by atoms with Crippen molar-refractivity contribution in [3.05, 3.63) is 78.6 Å². The number of hydrogen-bond donors (Lipinski definition) is 1. The molecule has 1 atom stereocenters. The molecule has 1 aromatic carbocycles. The zero-order valence-electron chi connectivity index (χ0n) is 20.9. The van der Waals surface area contributed by atoms with Crippen molar-refractivity contribution < 1.29 is 36.0 Å². The van der Waals surface area contributed by atoms with Gasteiger partial charge in [0.25, 0.3) is 15.7 Å². The van der Waals surface area contributed by atoms with Crippen LogP contribution >= 0.6 is 0 Å². The first-order valence-corrected chi connectivity index (χ1v) is 13.0. The third-order valence-electron chi connectivity index (χ3n) is 6.17. The minimum atomic E-state index is -5.59. The fourth-order valence-corrected chi connectivity index (χ4v) is 4.85. The average Bonchev–Trinajstić information content (AvgIpc) is 3.41. The van der Waals surface area contributed by atoms with E-state index in [-0.39, 0.29) is 5.69 Å². The minimum absolute atomic E-state index is 0.127. The van der Waals surface area contributed by atoms with E-state index in [0.717, 1.165) is 21.9 Å². The number of carbonyl (C=O) groups is 3. The van der Waals surface area contributed by atoms with Crippen LogP contribution in [0.3, 0.4) is 0 Å². The van der Waals surface area contributed by atoms with E-state index < -0.39 is 49.8 Å². The Morgan fingerprint density at radius 3 is 1.97 bits per heavy atom. The van der Waals surface area contributed by atoms with Gasteiger partial charge in [-0.2, -0.15) is 13.2 Å². The molecule has 39 heavy (non-hydrogen) atoms. The Morgan fingerprint density at radius 1 is 0.974 bits per heavy atom. The largest absolute Gasteiger partial charge is 0.501 e. The molecule has 204 valence electrons. The first kappa shape index (κ1) is 27.8. The van der Waals surface area contributed by atoms with Crippen LogP contribution in [0.2, 0.25) is 0 Å². The number of nitrogens with one attached hydrogen (secondary N) is 1. The summed E-state index contributed by atoms with van der Waals surface area (Å²) in [6.07, 6.45) is 1.83. The summed E-state index contributed by atoms with van der Waals surface area (Å²) in [5.41, 5.74) is -3.78. The highest BCUT2D eigenvalue weighted by Gasteiger charge is 2.55. The number of aromatic nitrogens is 1. The minimum Gasteiger partial charge on any atom is -0.332 e. The smallest absolute Gasteiger partial charge is 0.332 e. The molecule has 13 heteroatoms. The second-order valence-corrected chi connectivity index (χ2v) is 11.2. The third kappa shape index (κ3) is 5.21. The van der Waals surface area contributed by atoms with Gasteiger partial charge < -0.3 is 5.32 Å². The summed E-state index contributed by atoms with van der Waals surface area (Å²) in [5, 5.41) is 2.62. The molecule has 2 aromatic rings. The Morgan fingerprint density at radius 2 is 1.54 bits per heavy atom. The number of nitrogens with zero attached hydrogens (tertiary/aromatic N) is 3. The number of sulfone groups is 1. The molecule has 1 N–H and O–H groups in total. The maximum absolute atomic E-state index is 13.3. The van der Waals surface area contributed by atoms with Gasteiger partial charge in [-0.15, -0.1) is 0 Å². The van der Waals surface area contributed by atoms with E-state index in [1.54, 1.807) is 12.1 Å². The predicted octanol–water partition coefficient (Wildman–Crippen LogP) is 4.42. The molecule has 1 unspecified atom stereocenters. The Hall–Kier alpha value is -4.26. The highest BCUT2D eigenvalue weighted by Crippen LogP contribution is 2.38. The Balaban J connectivity index is 0.000000508. The molecule has 4 amide bonds. The molecule has 0 radical (unpaired) electrons. The maximum atomic E-state index is 13.3. The lowest BCUT2D eigenvalue weighted by atomic mass is 10.0. The van der Waals surface area contributed by atoms with Crippen LogP contribution in [0.1, 0.15) is 32.5 Å². The third-order valence-corrected chi connectivity index (χ3v) is 7.67. The monoisotopic (exact) mass is 560 g/mol. The number of fused-ring (bicyclic) bond motifs is 1. The molecule has 1 aromatic heterocycles. The standard InChI is InChI=1S/C20H19F3N4O5S.C6H4/c1-12(28)25-16(13-8-10-24-11-9-13)27-18(30)26(17(29)19(27,2)3)14-4-6-15(7-5-14)33(31,32)20(21,22)23;1-2-5-4-6(5)3-1/h4-11,16H,1-3H3,(H,25,28);1-4H. The summed E-state index contributed by atoms with van der Waals surface area (Å²) in [6.45, 7) is 4.14. The van der Waals surface area contributed by atoms with E-state index >= 15 is 0 Å². The summed E-state index contributed by atoms with van der Waals surface area (Å²) < 4.78 is 61.6. The lowest BCUT2D eigenvalue weighted by molar-refractivity contribution is -0.126. The van der Waals surface area contributed by atoms with Crippen LogP contribution in [0.25, 0.3) is 11.1 Å². The molecule has 0 bridgehead atoms. The van der Waals surface area contributed by atoms with Gasteiger partial charge in [0.2, 0.25) is 5.91 Å². The molecular weight excluding hydrogens is 537 g/mol. The molecule has 2 aliphatic carbocycles. The summed E-state index contributed by atoms with van der Waals surface area (Å²) in [4.78, 5) is 43.0. The molecule has 2 heterocycles. The molecule has 9 nitrogen and oxygen atoms in total. The second-order valence-electron chi connectivity index (χ2n) is 9.26. The number of alkyl halides is 3. The van der Waals surface area contributed by atoms with Gasteiger partial charge in [-0.25, -0.2) is 18.1 Å². The zero-order valence-corrected chi connectivity index (χ0v) is 21.7. The molecule has 0 saturated carbocycles. The van der Waals surface area contributed by atoms with Crippen molar-refractivity contribution in [2.45, 2.75) is 42.9 Å². The number of benzene rings is 2. The molecule has 1 aliphatic heterocycles. The topological polar surface area (TPSA) is 117 Å². The Labute approximate surface area is 222 Å². The molecule has 1 fully saturated rings. The number of amides is 4. The summed E-state index contributed by atoms with van der Waals surface area (Å²) >= 11 is 0. The lowest BCUT2D eigenvalue weighted by Crippen LogP contribution is -2.51. The summed E-state index contributed by atoms with van der Waals surface area (Å²) in [7, 11) is -5.59. The lowest BCUT2D eigenvalue weighted by Gasteiger charge is -2.35. The predicted molar refractivity (Wildman–Crippen MR) is 135 cm³/mol. The average molecular weight is 561 g/mol. The molecule has 5 rings (SSSR count). The SMILES string of the molecule is CC(=O)NC(c1ccncc1)N1C(=O)N(c2ccc(S(=O)(=O)C(F)(F)F)cc2)C(=O)C1(C)C.c1cc2cc-2c1. The van der Waals surface area contributed by atoms with Crippen LogP contribution in [0.4, 0.5) is 23.7 Å². The highest BCUT2D eigenvalue weighted by atomic mass is 32.2. The first-order chi connectivity index (χ1) is 18.2. The van der Waals surface area contributed by atoms with E-state index in [1.807, 2.05) is 0 Å². The van der Waals surface area contributed by atoms with Gasteiger partial charge in [0, 0.05) is 19.3 Å². The van der Waals surface area contributed by atoms with E-state index in [4.69, 9.17) is 0 Å². The van der Waals surface area contributed by atoms with Crippen LogP contribution in [0.15, 0.2) is 78.0 Å². The molecule has 3 aliphatic rings. The zero-order chi connectivity index (χ0) is 28.8. The van der Waals surface area contributed by atoms with Crippen molar-refractivity contribution in [2.75, 3.05) is 4.90 Å². The molecular formula is C26H23F3N4O5S. The van der Waals surface area contributed by atoms with Gasteiger partial charge >= 0.3 is 11.5 Å². The number of urea groups is 1. The number of hydrogen-bond acceptors (Lipinski definition) is 6. The van der Waals surface area contributed by atoms with E-state index in [9.17, 15) is 36.0 Å². The molecule has 0 spiro atoms. The first-order valence-electron chi connectivity index (χ1n) is 11.5. The van der Waals surface area contributed by atoms with Crippen molar-refractivity contribution in [2.24, 2.45) is 0 Å². The van der Waals surface area contributed by atoms with Gasteiger partial charge in [-0.3, -0.25) is 19.5 Å². The summed E-state index contributed by atoms with van der Waals surface area (Å²) in [5.74, 6) is -1.20. The van der Waals surface area contributed by atoms with Gasteiger partial charge in [-0.05, 0) is 73.0 Å². The normalized spacial score (nSPS) is 16.4. The van der Waals surface area contributed by atoms with Crippen LogP contribution in [0, 0.1) is 0 Å². The van der Waals surface area contributed by atoms with Crippen molar-refractivity contribution in [3.63, 3.8) is 0 Å². The van der Waals surface area contributed by atoms with Crippen LogP contribution in [-0.4, -0.2) is 47.2 Å². The Kier molecular flexibility index (Phi) is 6.98. The molecule has 1 saturated heterocycles. The quantitative estimate of drug-likeness (QED) is 0.361. The Bertz CT molecular complexity index is 1520. The van der Waals surface area contributed by atoms with Crippen molar-refractivity contribution in [1.29, 1.82) is 0 Å². The van der Waals surface area contributed by atoms with E-state index in [0.29, 0.717) is 17.7 Å². The number of imide groups is 1. The van der Waals surface area contributed by atoms with E-state index in [2.05, 4.69) is 34.6 Å². The maximum Gasteiger partial charge on any atom is 0.501 e. The number of halogens is 3. The fraction of sp³-hybridized carbons (Fsp3) is 0.231. The second kappa shape index (κ2) is 9.80. The highest BCUT2D eigenvalue weighted by molar-refractivity contribution is 7.92. The number of pyridine rings is 1. The fourth-order valence-electron chi connectivity index (χ4n) is 4.09. The van der Waals surface area contributed by atoms with Crippen LogP contribution in [0.5, 0.6) is 0 Å². The van der Waals surface area contributed by atoms with Crippen molar-refractivity contribution in [1.82, 2.24) is 15.2 Å². The van der Waals surface area contributed by atoms with Gasteiger partial charge in [0.05, 0.1) is 10.6 Å². The number of rotatable bonds is 5. The summed E-state index contributed by atoms with van der Waals surface area (Å²) in [6, 6.07) is 13.9. The van der Waals surface area contributed by atoms with Gasteiger partial charge in [0.1, 0.15) is 11.7 Å².